The molecule has 1 heterocycles. The van der Waals surface area contributed by atoms with Crippen LogP contribution in [0.3, 0.4) is 0 Å². The lowest BCUT2D eigenvalue weighted by Crippen LogP contribution is -2.49. The SMILES string of the molecule is Cc1cc(C)c(S(=O)(=O)N2CCN(C[C@@H](O)c3ccccc3)CC2)c(C)c1. The van der Waals surface area contributed by atoms with Gasteiger partial charge in [-0.05, 0) is 37.5 Å². The minimum Gasteiger partial charge on any atom is -0.387 e. The van der Waals surface area contributed by atoms with Gasteiger partial charge in [-0.1, -0.05) is 48.0 Å². The highest BCUT2D eigenvalue weighted by atomic mass is 32.2. The molecule has 5 nitrogen and oxygen atoms in total. The van der Waals surface area contributed by atoms with Crippen molar-refractivity contribution in [3.8, 4) is 0 Å². The molecule has 0 unspecified atom stereocenters. The van der Waals surface area contributed by atoms with Gasteiger partial charge in [-0.3, -0.25) is 4.90 Å². The number of nitrogens with zero attached hydrogens (tertiary/aromatic N) is 2. The number of rotatable bonds is 5. The number of aliphatic hydroxyl groups excluding tert-OH is 1. The molecule has 0 amide bonds. The van der Waals surface area contributed by atoms with Gasteiger partial charge in [0.1, 0.15) is 0 Å². The first-order chi connectivity index (χ1) is 12.8. The Morgan fingerprint density at radius 2 is 1.52 bits per heavy atom. The van der Waals surface area contributed by atoms with Crippen molar-refractivity contribution in [3.05, 3.63) is 64.7 Å². The summed E-state index contributed by atoms with van der Waals surface area (Å²) in [7, 11) is -3.50. The minimum absolute atomic E-state index is 0.436. The van der Waals surface area contributed by atoms with E-state index in [1.807, 2.05) is 63.2 Å². The standard InChI is InChI=1S/C21H28N2O3S/c1-16-13-17(2)21(18(3)14-16)27(25,26)23-11-9-22(10-12-23)15-20(24)19-7-5-4-6-8-19/h4-8,13-14,20,24H,9-12,15H2,1-3H3/t20-/m1/s1. The second-order valence-corrected chi connectivity index (χ2v) is 9.23. The molecule has 0 radical (unpaired) electrons. The van der Waals surface area contributed by atoms with Crippen LogP contribution in [0.5, 0.6) is 0 Å². The van der Waals surface area contributed by atoms with Crippen molar-refractivity contribution < 1.29 is 13.5 Å². The Labute approximate surface area is 162 Å². The fourth-order valence-corrected chi connectivity index (χ4v) is 5.71. The first kappa shape index (κ1) is 20.0. The number of aryl methyl sites for hydroxylation is 3. The van der Waals surface area contributed by atoms with E-state index in [0.717, 1.165) is 22.3 Å². The van der Waals surface area contributed by atoms with Crippen LogP contribution in [0.1, 0.15) is 28.4 Å². The zero-order valence-electron chi connectivity index (χ0n) is 16.2. The van der Waals surface area contributed by atoms with Gasteiger partial charge in [0.05, 0.1) is 11.0 Å². The highest BCUT2D eigenvalue weighted by Crippen LogP contribution is 2.26. The summed E-state index contributed by atoms with van der Waals surface area (Å²) in [5.74, 6) is 0. The largest absolute Gasteiger partial charge is 0.387 e. The molecule has 0 saturated carbocycles. The summed E-state index contributed by atoms with van der Waals surface area (Å²) in [5.41, 5.74) is 3.56. The number of piperazine rings is 1. The molecule has 1 atom stereocenters. The molecule has 0 aromatic heterocycles. The van der Waals surface area contributed by atoms with Crippen LogP contribution in [0.15, 0.2) is 47.4 Å². The average Bonchev–Trinajstić information content (AvgIpc) is 2.61. The number of β-amino-alcohol motifs (C(OH)–C–C–N with tert-alkyl or cyclic N) is 1. The van der Waals surface area contributed by atoms with Gasteiger partial charge in [0.15, 0.2) is 0 Å². The molecule has 27 heavy (non-hydrogen) atoms. The van der Waals surface area contributed by atoms with Crippen LogP contribution < -0.4 is 0 Å². The Morgan fingerprint density at radius 1 is 0.963 bits per heavy atom. The fourth-order valence-electron chi connectivity index (χ4n) is 3.88. The molecule has 1 N–H and O–H groups in total. The maximum Gasteiger partial charge on any atom is 0.243 e. The fraction of sp³-hybridized carbons (Fsp3) is 0.429. The second kappa shape index (κ2) is 8.10. The molecule has 146 valence electrons. The number of benzene rings is 2. The zero-order chi connectivity index (χ0) is 19.6. The van der Waals surface area contributed by atoms with Crippen LogP contribution in [0, 0.1) is 20.8 Å². The van der Waals surface area contributed by atoms with Crippen LogP contribution in [-0.4, -0.2) is 55.5 Å². The van der Waals surface area contributed by atoms with Crippen molar-refractivity contribution in [2.45, 2.75) is 31.8 Å². The van der Waals surface area contributed by atoms with E-state index >= 15 is 0 Å². The number of aliphatic hydroxyl groups is 1. The summed E-state index contributed by atoms with van der Waals surface area (Å²) in [5, 5.41) is 10.4. The van der Waals surface area contributed by atoms with Gasteiger partial charge in [0.25, 0.3) is 0 Å². The molecule has 6 heteroatoms. The van der Waals surface area contributed by atoms with Crippen molar-refractivity contribution in [3.63, 3.8) is 0 Å². The molecule has 1 aliphatic heterocycles. The van der Waals surface area contributed by atoms with Crippen molar-refractivity contribution in [1.82, 2.24) is 9.21 Å². The number of sulfonamides is 1. The first-order valence-electron chi connectivity index (χ1n) is 9.32. The van der Waals surface area contributed by atoms with E-state index in [1.54, 1.807) is 4.31 Å². The Balaban J connectivity index is 1.67. The van der Waals surface area contributed by atoms with E-state index in [4.69, 9.17) is 0 Å². The maximum absolute atomic E-state index is 13.1. The predicted molar refractivity (Wildman–Crippen MR) is 107 cm³/mol. The van der Waals surface area contributed by atoms with Gasteiger partial charge >= 0.3 is 0 Å². The van der Waals surface area contributed by atoms with Crippen LogP contribution in [0.25, 0.3) is 0 Å². The summed E-state index contributed by atoms with van der Waals surface area (Å²) < 4.78 is 27.9. The maximum atomic E-state index is 13.1. The molecule has 2 aromatic rings. The molecule has 3 rings (SSSR count). The highest BCUT2D eigenvalue weighted by molar-refractivity contribution is 7.89. The van der Waals surface area contributed by atoms with Gasteiger partial charge in [-0.15, -0.1) is 0 Å². The van der Waals surface area contributed by atoms with E-state index in [2.05, 4.69) is 4.90 Å². The molecule has 1 aliphatic rings. The monoisotopic (exact) mass is 388 g/mol. The molecule has 2 aromatic carbocycles. The average molecular weight is 389 g/mol. The van der Waals surface area contributed by atoms with E-state index in [0.29, 0.717) is 37.6 Å². The van der Waals surface area contributed by atoms with Crippen LogP contribution >= 0.6 is 0 Å². The zero-order valence-corrected chi connectivity index (χ0v) is 17.0. The Morgan fingerprint density at radius 3 is 2.07 bits per heavy atom. The lowest BCUT2D eigenvalue weighted by molar-refractivity contribution is 0.0921. The third kappa shape index (κ3) is 4.41. The highest BCUT2D eigenvalue weighted by Gasteiger charge is 2.31. The summed E-state index contributed by atoms with van der Waals surface area (Å²) in [6, 6.07) is 13.4. The molecule has 1 fully saturated rings. The third-order valence-corrected chi connectivity index (χ3v) is 7.35. The van der Waals surface area contributed by atoms with Crippen molar-refractivity contribution in [2.75, 3.05) is 32.7 Å². The first-order valence-corrected chi connectivity index (χ1v) is 10.8. The van der Waals surface area contributed by atoms with Gasteiger partial charge in [0, 0.05) is 32.7 Å². The van der Waals surface area contributed by atoms with Crippen molar-refractivity contribution in [2.24, 2.45) is 0 Å². The normalized spacial score (nSPS) is 17.8. The van der Waals surface area contributed by atoms with E-state index in [-0.39, 0.29) is 0 Å². The van der Waals surface area contributed by atoms with E-state index < -0.39 is 16.1 Å². The quantitative estimate of drug-likeness (QED) is 0.855. The van der Waals surface area contributed by atoms with Crippen LogP contribution in [0.2, 0.25) is 0 Å². The lowest BCUT2D eigenvalue weighted by Gasteiger charge is -2.35. The molecule has 0 bridgehead atoms. The third-order valence-electron chi connectivity index (χ3n) is 5.15. The molecular weight excluding hydrogens is 360 g/mol. The summed E-state index contributed by atoms with van der Waals surface area (Å²) in [6.45, 7) is 8.33. The van der Waals surface area contributed by atoms with E-state index in [9.17, 15) is 13.5 Å². The predicted octanol–water partition coefficient (Wildman–Crippen LogP) is 2.65. The van der Waals surface area contributed by atoms with Gasteiger partial charge in [0.2, 0.25) is 10.0 Å². The Hall–Kier alpha value is -1.73. The van der Waals surface area contributed by atoms with Crippen LogP contribution in [-0.2, 0) is 10.0 Å². The number of hydrogen-bond donors (Lipinski definition) is 1. The van der Waals surface area contributed by atoms with Gasteiger partial charge < -0.3 is 5.11 Å². The Kier molecular flexibility index (Phi) is 6.01. The van der Waals surface area contributed by atoms with Crippen LogP contribution in [0.4, 0.5) is 0 Å². The molecule has 0 aliphatic carbocycles. The molecule has 1 saturated heterocycles. The summed E-state index contributed by atoms with van der Waals surface area (Å²) in [6.07, 6.45) is -0.559. The lowest BCUT2D eigenvalue weighted by atomic mass is 10.1. The molecule has 0 spiro atoms. The smallest absolute Gasteiger partial charge is 0.243 e. The topological polar surface area (TPSA) is 60.9 Å². The summed E-state index contributed by atoms with van der Waals surface area (Å²) in [4.78, 5) is 2.56. The second-order valence-electron chi connectivity index (χ2n) is 7.36. The minimum atomic E-state index is -3.50. The summed E-state index contributed by atoms with van der Waals surface area (Å²) >= 11 is 0. The number of hydrogen-bond acceptors (Lipinski definition) is 4. The van der Waals surface area contributed by atoms with Crippen molar-refractivity contribution >= 4 is 10.0 Å². The van der Waals surface area contributed by atoms with E-state index in [1.165, 1.54) is 0 Å². The molecular formula is C21H28N2O3S. The van der Waals surface area contributed by atoms with Crippen molar-refractivity contribution in [1.29, 1.82) is 0 Å². The van der Waals surface area contributed by atoms with Gasteiger partial charge in [-0.25, -0.2) is 8.42 Å². The Bertz CT molecular complexity index is 866. The van der Waals surface area contributed by atoms with Gasteiger partial charge in [-0.2, -0.15) is 4.31 Å².